The Bertz CT molecular complexity index is 1790. The Kier molecular flexibility index (Phi) is 9.40. The molecule has 0 spiro atoms. The van der Waals surface area contributed by atoms with Crippen molar-refractivity contribution < 1.29 is 9.59 Å². The summed E-state index contributed by atoms with van der Waals surface area (Å²) in [4.78, 5) is 24.3. The van der Waals surface area contributed by atoms with Crippen LogP contribution in [0.15, 0.2) is 79.9 Å². The number of hydrogen-bond donors (Lipinski definition) is 2. The van der Waals surface area contributed by atoms with Gasteiger partial charge < -0.3 is 9.13 Å². The fraction of sp³-hybridized carbons (Fsp3) is 0.111. The van der Waals surface area contributed by atoms with E-state index in [1.165, 1.54) is 0 Å². The molecule has 0 saturated carbocycles. The number of para-hydroxylation sites is 1. The second-order valence-electron chi connectivity index (χ2n) is 9.45. The van der Waals surface area contributed by atoms with Crippen molar-refractivity contribution in [2.45, 2.75) is 27.7 Å². The van der Waals surface area contributed by atoms with E-state index in [-0.39, 0.29) is 0 Å². The van der Waals surface area contributed by atoms with Crippen molar-refractivity contribution in [1.82, 2.24) is 20.0 Å². The van der Waals surface area contributed by atoms with E-state index < -0.39 is 5.91 Å². The fourth-order valence-electron chi connectivity index (χ4n) is 5.38. The third-order valence-corrected chi connectivity index (χ3v) is 6.91. The summed E-state index contributed by atoms with van der Waals surface area (Å²) in [5.41, 5.74) is 13.4. The van der Waals surface area contributed by atoms with E-state index in [9.17, 15) is 9.59 Å². The molecule has 0 fully saturated rings. The van der Waals surface area contributed by atoms with Crippen molar-refractivity contribution in [1.29, 1.82) is 0 Å². The standard InChI is InChI=1S/C36H36N4O2/c1-7-15-29-28(11-5)33(17-9-3)40(34(29)18-10-4)27-22-25(36(42)38-37-24-41)21-26(23-27)39-32(12-6)30(16-8-2)31-19-13-14-20-35(31)39/h7-24H,5-6H2,1-4H3,(H,37,41)(H,38,42)/b15-7-,16-8-,17-9-,18-10-. The first-order valence-electron chi connectivity index (χ1n) is 13.8. The lowest BCUT2D eigenvalue weighted by Gasteiger charge is -2.17. The van der Waals surface area contributed by atoms with Crippen molar-refractivity contribution in [3.8, 4) is 11.4 Å². The first-order chi connectivity index (χ1) is 20.5. The van der Waals surface area contributed by atoms with E-state index in [0.29, 0.717) is 12.0 Å². The van der Waals surface area contributed by atoms with Crippen LogP contribution in [0.1, 0.15) is 71.8 Å². The molecule has 4 rings (SSSR count). The average molecular weight is 557 g/mol. The molecule has 2 amide bonds. The van der Waals surface area contributed by atoms with Gasteiger partial charge in [-0.1, -0.05) is 73.9 Å². The molecule has 0 bridgehead atoms. The zero-order valence-corrected chi connectivity index (χ0v) is 24.5. The molecule has 2 heterocycles. The third kappa shape index (κ3) is 5.34. The van der Waals surface area contributed by atoms with Gasteiger partial charge in [0.05, 0.1) is 22.6 Å². The number of hydrazine groups is 1. The lowest BCUT2D eigenvalue weighted by molar-refractivity contribution is -0.110. The maximum absolute atomic E-state index is 13.3. The van der Waals surface area contributed by atoms with Crippen LogP contribution in [0.3, 0.4) is 0 Å². The van der Waals surface area contributed by atoms with E-state index in [2.05, 4.69) is 69.6 Å². The molecule has 42 heavy (non-hydrogen) atoms. The Morgan fingerprint density at radius 2 is 1.31 bits per heavy atom. The molecule has 2 aromatic heterocycles. The maximum Gasteiger partial charge on any atom is 0.269 e. The van der Waals surface area contributed by atoms with Crippen molar-refractivity contribution in [3.63, 3.8) is 0 Å². The van der Waals surface area contributed by atoms with Gasteiger partial charge in [-0.2, -0.15) is 0 Å². The van der Waals surface area contributed by atoms with Crippen LogP contribution in [0.5, 0.6) is 0 Å². The molecule has 6 heteroatoms. The summed E-state index contributed by atoms with van der Waals surface area (Å²) in [6.45, 7) is 16.2. The van der Waals surface area contributed by atoms with E-state index in [1.54, 1.807) is 0 Å². The molecule has 4 aromatic rings. The fourth-order valence-corrected chi connectivity index (χ4v) is 5.38. The van der Waals surface area contributed by atoms with Gasteiger partial charge in [0.15, 0.2) is 0 Å². The molecule has 0 unspecified atom stereocenters. The van der Waals surface area contributed by atoms with Crippen LogP contribution in [-0.2, 0) is 4.79 Å². The molecular formula is C36H36N4O2. The van der Waals surface area contributed by atoms with Crippen LogP contribution in [0.4, 0.5) is 0 Å². The second kappa shape index (κ2) is 13.3. The zero-order valence-electron chi connectivity index (χ0n) is 24.5. The van der Waals surface area contributed by atoms with Crippen LogP contribution in [0.25, 0.3) is 58.7 Å². The molecule has 6 nitrogen and oxygen atoms in total. The lowest BCUT2D eigenvalue weighted by Crippen LogP contribution is -2.36. The van der Waals surface area contributed by atoms with E-state index in [1.807, 2.05) is 94.5 Å². The Labute approximate surface area is 247 Å². The number of rotatable bonds is 11. The summed E-state index contributed by atoms with van der Waals surface area (Å²) in [6.07, 6.45) is 20.4. The van der Waals surface area contributed by atoms with Crippen molar-refractivity contribution in [3.05, 3.63) is 119 Å². The molecule has 0 radical (unpaired) electrons. The monoisotopic (exact) mass is 556 g/mol. The highest BCUT2D eigenvalue weighted by Gasteiger charge is 2.22. The first kappa shape index (κ1) is 29.6. The van der Waals surface area contributed by atoms with Crippen LogP contribution < -0.4 is 10.9 Å². The highest BCUT2D eigenvalue weighted by Crippen LogP contribution is 2.36. The number of nitrogens with zero attached hydrogens (tertiary/aromatic N) is 2. The first-order valence-corrected chi connectivity index (χ1v) is 13.8. The van der Waals surface area contributed by atoms with Gasteiger partial charge in [-0.3, -0.25) is 20.4 Å². The largest absolute Gasteiger partial charge is 0.309 e. The smallest absolute Gasteiger partial charge is 0.269 e. The molecule has 0 saturated heterocycles. The van der Waals surface area contributed by atoms with Crippen molar-refractivity contribution in [2.75, 3.05) is 0 Å². The summed E-state index contributed by atoms with van der Waals surface area (Å²) in [5, 5.41) is 1.07. The number of fused-ring (bicyclic) bond motifs is 1. The SMILES string of the molecule is C=Cc1c(/C=C\C)c(/C=C\C)n(-c2cc(C(=O)NNC=O)cc(-n3c(C=C)c(/C=C\C)c4ccccc43)c2)c1/C=C\C. The molecule has 2 N–H and O–H groups in total. The molecule has 0 atom stereocenters. The van der Waals surface area contributed by atoms with Gasteiger partial charge in [0, 0.05) is 39.0 Å². The van der Waals surface area contributed by atoms with Crippen LogP contribution in [0.2, 0.25) is 0 Å². The van der Waals surface area contributed by atoms with Gasteiger partial charge in [-0.05, 0) is 70.2 Å². The van der Waals surface area contributed by atoms with E-state index in [0.717, 1.165) is 56.0 Å². The molecule has 0 aliphatic heterocycles. The number of allylic oxidation sites excluding steroid dienone is 4. The lowest BCUT2D eigenvalue weighted by atomic mass is 10.1. The number of nitrogens with one attached hydrogen (secondary N) is 2. The van der Waals surface area contributed by atoms with Crippen molar-refractivity contribution >= 4 is 59.7 Å². The summed E-state index contributed by atoms with van der Waals surface area (Å²) in [7, 11) is 0. The van der Waals surface area contributed by atoms with Crippen molar-refractivity contribution in [2.24, 2.45) is 0 Å². The molecule has 212 valence electrons. The van der Waals surface area contributed by atoms with Gasteiger partial charge in [-0.25, -0.2) is 0 Å². The third-order valence-electron chi connectivity index (χ3n) is 6.91. The van der Waals surface area contributed by atoms with E-state index >= 15 is 0 Å². The minimum atomic E-state index is -0.444. The zero-order chi connectivity index (χ0) is 30.2. The van der Waals surface area contributed by atoms with Gasteiger partial charge in [-0.15, -0.1) is 0 Å². The Morgan fingerprint density at radius 3 is 1.90 bits per heavy atom. The normalized spacial score (nSPS) is 11.8. The number of amides is 2. The number of carbonyl (C=O) groups excluding carboxylic acids is 2. The number of hydrogen-bond acceptors (Lipinski definition) is 2. The van der Waals surface area contributed by atoms with Gasteiger partial charge in [0.25, 0.3) is 5.91 Å². The number of carbonyl (C=O) groups is 2. The summed E-state index contributed by atoms with van der Waals surface area (Å²) in [5.74, 6) is -0.444. The second-order valence-corrected chi connectivity index (χ2v) is 9.45. The average Bonchev–Trinajstić information content (AvgIpc) is 3.47. The minimum Gasteiger partial charge on any atom is -0.309 e. The Hall–Kier alpha value is -5.36. The van der Waals surface area contributed by atoms with Crippen LogP contribution in [0, 0.1) is 0 Å². The van der Waals surface area contributed by atoms with E-state index in [4.69, 9.17) is 0 Å². The highest BCUT2D eigenvalue weighted by molar-refractivity contribution is 5.98. The molecule has 0 aliphatic carbocycles. The van der Waals surface area contributed by atoms with Crippen LogP contribution >= 0.6 is 0 Å². The van der Waals surface area contributed by atoms with Gasteiger partial charge in [0.1, 0.15) is 0 Å². The molecular weight excluding hydrogens is 520 g/mol. The summed E-state index contributed by atoms with van der Waals surface area (Å²) in [6, 6.07) is 13.9. The molecule has 0 aliphatic rings. The highest BCUT2D eigenvalue weighted by atomic mass is 16.2. The topological polar surface area (TPSA) is 68.1 Å². The molecule has 2 aromatic carbocycles. The quantitative estimate of drug-likeness (QED) is 0.144. The number of benzene rings is 2. The van der Waals surface area contributed by atoms with Crippen LogP contribution in [-0.4, -0.2) is 21.5 Å². The summed E-state index contributed by atoms with van der Waals surface area (Å²) >= 11 is 0. The minimum absolute atomic E-state index is 0.372. The summed E-state index contributed by atoms with van der Waals surface area (Å²) < 4.78 is 4.24. The van der Waals surface area contributed by atoms with Gasteiger partial charge in [0.2, 0.25) is 6.41 Å². The maximum atomic E-state index is 13.3. The predicted octanol–water partition coefficient (Wildman–Crippen LogP) is 8.23. The number of aromatic nitrogens is 2. The Balaban J connectivity index is 2.19. The van der Waals surface area contributed by atoms with Gasteiger partial charge >= 0.3 is 0 Å². The Morgan fingerprint density at radius 1 is 0.714 bits per heavy atom. The predicted molar refractivity (Wildman–Crippen MR) is 178 cm³/mol.